The van der Waals surface area contributed by atoms with E-state index in [1.807, 2.05) is 0 Å². The SMILES string of the molecule is CC(CCC(=O)O)NC(=O)Nc1ccc(Br)cc1F. The van der Waals surface area contributed by atoms with Crippen LogP contribution in [-0.4, -0.2) is 23.1 Å². The Labute approximate surface area is 118 Å². The number of benzene rings is 1. The van der Waals surface area contributed by atoms with Crippen molar-refractivity contribution in [3.8, 4) is 0 Å². The fourth-order valence-electron chi connectivity index (χ4n) is 1.39. The van der Waals surface area contributed by atoms with Crippen LogP contribution < -0.4 is 10.6 Å². The largest absolute Gasteiger partial charge is 0.481 e. The number of hydrogen-bond donors (Lipinski definition) is 3. The van der Waals surface area contributed by atoms with Gasteiger partial charge in [0.05, 0.1) is 5.69 Å². The number of carbonyl (C=O) groups is 2. The summed E-state index contributed by atoms with van der Waals surface area (Å²) in [6, 6.07) is 3.39. The van der Waals surface area contributed by atoms with Crippen LogP contribution in [0.25, 0.3) is 0 Å². The molecule has 1 aromatic rings. The number of anilines is 1. The van der Waals surface area contributed by atoms with Gasteiger partial charge in [-0.25, -0.2) is 9.18 Å². The van der Waals surface area contributed by atoms with Gasteiger partial charge < -0.3 is 15.7 Å². The number of aliphatic carboxylic acids is 1. The summed E-state index contributed by atoms with van der Waals surface area (Å²) >= 11 is 3.11. The number of carboxylic acid groups (broad SMARTS) is 1. The predicted molar refractivity (Wildman–Crippen MR) is 72.6 cm³/mol. The summed E-state index contributed by atoms with van der Waals surface area (Å²) in [6.07, 6.45) is 0.277. The number of carbonyl (C=O) groups excluding carboxylic acids is 1. The Bertz CT molecular complexity index is 482. The van der Waals surface area contributed by atoms with Gasteiger partial charge in [0.1, 0.15) is 5.82 Å². The summed E-state index contributed by atoms with van der Waals surface area (Å²) in [5.41, 5.74) is 0.0612. The highest BCUT2D eigenvalue weighted by molar-refractivity contribution is 9.10. The summed E-state index contributed by atoms with van der Waals surface area (Å²) in [5.74, 6) is -1.48. The average Bonchev–Trinajstić information content (AvgIpc) is 2.30. The molecule has 0 aliphatic carbocycles. The topological polar surface area (TPSA) is 78.4 Å². The van der Waals surface area contributed by atoms with Gasteiger partial charge in [-0.3, -0.25) is 4.79 Å². The number of nitrogens with one attached hydrogen (secondary N) is 2. The van der Waals surface area contributed by atoms with E-state index >= 15 is 0 Å². The molecule has 0 fully saturated rings. The van der Waals surface area contributed by atoms with E-state index in [1.54, 1.807) is 13.0 Å². The highest BCUT2D eigenvalue weighted by Crippen LogP contribution is 2.19. The fraction of sp³-hybridized carbons (Fsp3) is 0.333. The molecule has 1 atom stereocenters. The second kappa shape index (κ2) is 7.08. The summed E-state index contributed by atoms with van der Waals surface area (Å²) in [7, 11) is 0. The van der Waals surface area contributed by atoms with Gasteiger partial charge in [-0.05, 0) is 31.5 Å². The zero-order chi connectivity index (χ0) is 14.4. The van der Waals surface area contributed by atoms with Crippen LogP contribution >= 0.6 is 15.9 Å². The first kappa shape index (κ1) is 15.4. The molecule has 2 amide bonds. The molecule has 5 nitrogen and oxygen atoms in total. The molecule has 0 heterocycles. The summed E-state index contributed by atoms with van der Waals surface area (Å²) in [5, 5.41) is 13.4. The fourth-order valence-corrected chi connectivity index (χ4v) is 1.72. The van der Waals surface area contributed by atoms with Crippen LogP contribution in [0.4, 0.5) is 14.9 Å². The molecule has 0 aliphatic heterocycles. The van der Waals surface area contributed by atoms with Crippen molar-refractivity contribution in [2.24, 2.45) is 0 Å². The molecule has 7 heteroatoms. The van der Waals surface area contributed by atoms with Crippen LogP contribution in [-0.2, 0) is 4.79 Å². The Balaban J connectivity index is 2.48. The van der Waals surface area contributed by atoms with Crippen molar-refractivity contribution in [2.45, 2.75) is 25.8 Å². The maximum atomic E-state index is 13.5. The third-order valence-electron chi connectivity index (χ3n) is 2.35. The van der Waals surface area contributed by atoms with Gasteiger partial charge in [0.15, 0.2) is 0 Å². The zero-order valence-electron chi connectivity index (χ0n) is 10.2. The zero-order valence-corrected chi connectivity index (χ0v) is 11.8. The maximum Gasteiger partial charge on any atom is 0.319 e. The first-order valence-corrected chi connectivity index (χ1v) is 6.42. The average molecular weight is 333 g/mol. The lowest BCUT2D eigenvalue weighted by atomic mass is 10.2. The van der Waals surface area contributed by atoms with Gasteiger partial charge in [-0.1, -0.05) is 15.9 Å². The van der Waals surface area contributed by atoms with Gasteiger partial charge in [-0.15, -0.1) is 0 Å². The van der Waals surface area contributed by atoms with E-state index in [-0.39, 0.29) is 18.2 Å². The highest BCUT2D eigenvalue weighted by atomic mass is 79.9. The lowest BCUT2D eigenvalue weighted by Crippen LogP contribution is -2.36. The van der Waals surface area contributed by atoms with Crippen molar-refractivity contribution in [1.29, 1.82) is 0 Å². The molecule has 0 saturated heterocycles. The molecule has 0 bridgehead atoms. The third-order valence-corrected chi connectivity index (χ3v) is 2.84. The Morgan fingerprint density at radius 1 is 1.47 bits per heavy atom. The number of amides is 2. The number of carboxylic acids is 1. The second-order valence-electron chi connectivity index (χ2n) is 4.06. The van der Waals surface area contributed by atoms with Gasteiger partial charge in [0, 0.05) is 16.9 Å². The van der Waals surface area contributed by atoms with Crippen molar-refractivity contribution in [2.75, 3.05) is 5.32 Å². The monoisotopic (exact) mass is 332 g/mol. The standard InChI is InChI=1S/C12H14BrFN2O3/c1-7(2-5-11(17)18)15-12(19)16-10-4-3-8(13)6-9(10)14/h3-4,6-7H,2,5H2,1H3,(H,17,18)(H2,15,16,19). The molecule has 0 aliphatic rings. The minimum Gasteiger partial charge on any atom is -0.481 e. The van der Waals surface area contributed by atoms with Crippen LogP contribution in [0.2, 0.25) is 0 Å². The van der Waals surface area contributed by atoms with Crippen molar-refractivity contribution in [3.63, 3.8) is 0 Å². The van der Waals surface area contributed by atoms with Crippen LogP contribution in [0.1, 0.15) is 19.8 Å². The predicted octanol–water partition coefficient (Wildman–Crippen LogP) is 2.96. The van der Waals surface area contributed by atoms with E-state index < -0.39 is 17.8 Å². The maximum absolute atomic E-state index is 13.5. The van der Waals surface area contributed by atoms with Crippen LogP contribution in [0.5, 0.6) is 0 Å². The quantitative estimate of drug-likeness (QED) is 0.775. The van der Waals surface area contributed by atoms with E-state index in [0.29, 0.717) is 10.9 Å². The van der Waals surface area contributed by atoms with Crippen molar-refractivity contribution in [1.82, 2.24) is 5.32 Å². The minimum atomic E-state index is -0.923. The number of hydrogen-bond acceptors (Lipinski definition) is 2. The first-order valence-electron chi connectivity index (χ1n) is 5.63. The molecule has 19 heavy (non-hydrogen) atoms. The smallest absolute Gasteiger partial charge is 0.319 e. The molecule has 0 aromatic heterocycles. The molecule has 1 unspecified atom stereocenters. The number of urea groups is 1. The Morgan fingerprint density at radius 2 is 2.16 bits per heavy atom. The van der Waals surface area contributed by atoms with Crippen molar-refractivity contribution in [3.05, 3.63) is 28.5 Å². The van der Waals surface area contributed by atoms with Crippen LogP contribution in [0.3, 0.4) is 0 Å². The van der Waals surface area contributed by atoms with Crippen LogP contribution in [0, 0.1) is 5.82 Å². The van der Waals surface area contributed by atoms with E-state index in [0.717, 1.165) is 0 Å². The van der Waals surface area contributed by atoms with E-state index in [4.69, 9.17) is 5.11 Å². The first-order chi connectivity index (χ1) is 8.88. The normalized spacial score (nSPS) is 11.7. The molecule has 3 N–H and O–H groups in total. The Kier molecular flexibility index (Phi) is 5.75. The van der Waals surface area contributed by atoms with Gasteiger partial charge in [0.2, 0.25) is 0 Å². The summed E-state index contributed by atoms with van der Waals surface area (Å²) in [4.78, 5) is 21.9. The number of rotatable bonds is 5. The molecule has 1 aromatic carbocycles. The summed E-state index contributed by atoms with van der Waals surface area (Å²) in [6.45, 7) is 1.68. The minimum absolute atomic E-state index is 0.0336. The molecule has 0 radical (unpaired) electrons. The van der Waals surface area contributed by atoms with E-state index in [2.05, 4.69) is 26.6 Å². The highest BCUT2D eigenvalue weighted by Gasteiger charge is 2.11. The lowest BCUT2D eigenvalue weighted by molar-refractivity contribution is -0.137. The van der Waals surface area contributed by atoms with Crippen molar-refractivity contribution < 1.29 is 19.1 Å². The number of halogens is 2. The third kappa shape index (κ3) is 5.69. The van der Waals surface area contributed by atoms with Crippen LogP contribution in [0.15, 0.2) is 22.7 Å². The summed E-state index contributed by atoms with van der Waals surface area (Å²) < 4.78 is 14.0. The molecular formula is C12H14BrFN2O3. The van der Waals surface area contributed by atoms with E-state index in [1.165, 1.54) is 12.1 Å². The molecule has 0 spiro atoms. The molecule has 0 saturated carbocycles. The van der Waals surface area contributed by atoms with Gasteiger partial charge >= 0.3 is 12.0 Å². The second-order valence-corrected chi connectivity index (χ2v) is 4.97. The molecule has 104 valence electrons. The lowest BCUT2D eigenvalue weighted by Gasteiger charge is -2.14. The molecular weight excluding hydrogens is 319 g/mol. The van der Waals surface area contributed by atoms with Crippen molar-refractivity contribution >= 4 is 33.6 Å². The van der Waals surface area contributed by atoms with E-state index in [9.17, 15) is 14.0 Å². The Morgan fingerprint density at radius 3 is 2.74 bits per heavy atom. The molecule has 1 rings (SSSR count). The Hall–Kier alpha value is -1.63. The van der Waals surface area contributed by atoms with Gasteiger partial charge in [0.25, 0.3) is 0 Å². The van der Waals surface area contributed by atoms with Gasteiger partial charge in [-0.2, -0.15) is 0 Å².